The molecule has 3 rings (SSSR count). The molecule has 40 heavy (non-hydrogen) atoms. The van der Waals surface area contributed by atoms with Gasteiger partial charge in [0.1, 0.15) is 5.75 Å². The molecule has 1 saturated heterocycles. The standard InChI is InChI=1S/C32H48N2O6/c1-6-39-29-11-9-28(10-12-29)31(33(4)32(35)22-27-8-7-25(2)26(3)21-27)24-34-14-13-30(23-34)40-20-19-38-18-17-37-16-15-36-5/h7-12,21,30-31H,6,13-20,22-24H2,1-5H3/t30-,31+/m0/s1. The third kappa shape index (κ3) is 10.5. The maximum atomic E-state index is 13.5. The highest BCUT2D eigenvalue weighted by atomic mass is 16.6. The lowest BCUT2D eigenvalue weighted by molar-refractivity contribution is -0.131. The van der Waals surface area contributed by atoms with Crippen molar-refractivity contribution < 1.29 is 28.5 Å². The summed E-state index contributed by atoms with van der Waals surface area (Å²) in [5.74, 6) is 0.949. The number of aryl methyl sites for hydroxylation is 2. The van der Waals surface area contributed by atoms with Crippen LogP contribution in [0.5, 0.6) is 5.75 Å². The number of nitrogens with zero attached hydrogens (tertiary/aromatic N) is 2. The molecule has 2 aromatic carbocycles. The molecule has 0 bridgehead atoms. The van der Waals surface area contributed by atoms with Crippen LogP contribution < -0.4 is 4.74 Å². The third-order valence-corrected chi connectivity index (χ3v) is 7.41. The average Bonchev–Trinajstić information content (AvgIpc) is 3.40. The van der Waals surface area contributed by atoms with Gasteiger partial charge in [0.05, 0.1) is 64.8 Å². The van der Waals surface area contributed by atoms with Crippen molar-refractivity contribution in [2.75, 3.05) is 80.0 Å². The van der Waals surface area contributed by atoms with Crippen LogP contribution in [0.3, 0.4) is 0 Å². The Morgan fingerprint density at radius 3 is 2.35 bits per heavy atom. The van der Waals surface area contributed by atoms with E-state index >= 15 is 0 Å². The number of likely N-dealkylation sites (tertiary alicyclic amines) is 1. The summed E-state index contributed by atoms with van der Waals surface area (Å²) in [5.41, 5.74) is 4.59. The van der Waals surface area contributed by atoms with Crippen molar-refractivity contribution in [3.05, 3.63) is 64.7 Å². The SMILES string of the molecule is CCOc1ccc([C@@H](CN2CC[C@H](OCCOCCOCCOC)C2)N(C)C(=O)Cc2ccc(C)c(C)c2)cc1. The molecule has 0 aliphatic carbocycles. The lowest BCUT2D eigenvalue weighted by Crippen LogP contribution is -2.39. The molecule has 8 nitrogen and oxygen atoms in total. The number of carbonyl (C=O) groups is 1. The summed E-state index contributed by atoms with van der Waals surface area (Å²) in [7, 11) is 3.58. The van der Waals surface area contributed by atoms with Gasteiger partial charge in [-0.15, -0.1) is 0 Å². The van der Waals surface area contributed by atoms with Crippen molar-refractivity contribution in [1.29, 1.82) is 0 Å². The number of benzene rings is 2. The molecule has 1 fully saturated rings. The quantitative estimate of drug-likeness (QED) is 0.255. The zero-order valence-electron chi connectivity index (χ0n) is 25.0. The second kappa shape index (κ2) is 17.4. The molecule has 0 unspecified atom stereocenters. The van der Waals surface area contributed by atoms with Crippen LogP contribution in [0.15, 0.2) is 42.5 Å². The fourth-order valence-corrected chi connectivity index (χ4v) is 4.87. The Kier molecular flexibility index (Phi) is 13.9. The maximum absolute atomic E-state index is 13.5. The van der Waals surface area contributed by atoms with Gasteiger partial charge in [-0.3, -0.25) is 9.69 Å². The Bertz CT molecular complexity index is 1010. The molecular weight excluding hydrogens is 508 g/mol. The molecule has 222 valence electrons. The summed E-state index contributed by atoms with van der Waals surface area (Å²) in [4.78, 5) is 17.8. The van der Waals surface area contributed by atoms with E-state index in [0.29, 0.717) is 52.7 Å². The molecule has 1 amide bonds. The predicted octanol–water partition coefficient (Wildman–Crippen LogP) is 4.21. The van der Waals surface area contributed by atoms with Crippen LogP contribution >= 0.6 is 0 Å². The minimum absolute atomic E-state index is 0.0742. The zero-order valence-corrected chi connectivity index (χ0v) is 25.0. The summed E-state index contributed by atoms with van der Waals surface area (Å²) in [6, 6.07) is 14.3. The Morgan fingerprint density at radius 2 is 1.68 bits per heavy atom. The smallest absolute Gasteiger partial charge is 0.227 e. The van der Waals surface area contributed by atoms with Gasteiger partial charge in [0.15, 0.2) is 0 Å². The van der Waals surface area contributed by atoms with Crippen LogP contribution in [0.1, 0.15) is 41.6 Å². The van der Waals surface area contributed by atoms with Gasteiger partial charge in [0, 0.05) is 33.8 Å². The normalized spacial score (nSPS) is 16.3. The van der Waals surface area contributed by atoms with Gasteiger partial charge in [-0.25, -0.2) is 0 Å². The second-order valence-electron chi connectivity index (χ2n) is 10.4. The van der Waals surface area contributed by atoms with E-state index < -0.39 is 0 Å². The van der Waals surface area contributed by atoms with Gasteiger partial charge in [0.25, 0.3) is 0 Å². The first kappa shape index (κ1) is 32.0. The predicted molar refractivity (Wildman–Crippen MR) is 157 cm³/mol. The molecule has 1 heterocycles. The number of hydrogen-bond acceptors (Lipinski definition) is 7. The Labute approximate surface area is 240 Å². The van der Waals surface area contributed by atoms with Crippen molar-refractivity contribution >= 4 is 5.91 Å². The van der Waals surface area contributed by atoms with Crippen LogP contribution in [0.25, 0.3) is 0 Å². The minimum atomic E-state index is -0.0742. The van der Waals surface area contributed by atoms with Crippen LogP contribution in [-0.2, 0) is 30.2 Å². The van der Waals surface area contributed by atoms with Gasteiger partial charge in [-0.2, -0.15) is 0 Å². The van der Waals surface area contributed by atoms with E-state index in [1.54, 1.807) is 7.11 Å². The largest absolute Gasteiger partial charge is 0.494 e. The average molecular weight is 557 g/mol. The van der Waals surface area contributed by atoms with E-state index in [9.17, 15) is 4.79 Å². The summed E-state index contributed by atoms with van der Waals surface area (Å²) >= 11 is 0. The molecule has 8 heteroatoms. The number of likely N-dealkylation sites (N-methyl/N-ethyl adjacent to an activating group) is 1. The van der Waals surface area contributed by atoms with Crippen LogP contribution in [0.2, 0.25) is 0 Å². The molecule has 0 spiro atoms. The highest BCUT2D eigenvalue weighted by molar-refractivity contribution is 5.79. The molecule has 1 aliphatic heterocycles. The van der Waals surface area contributed by atoms with Gasteiger partial charge < -0.3 is 28.6 Å². The zero-order chi connectivity index (χ0) is 28.7. The van der Waals surface area contributed by atoms with Crippen LogP contribution in [-0.4, -0.2) is 102 Å². The van der Waals surface area contributed by atoms with E-state index in [2.05, 4.69) is 49.1 Å². The first-order chi connectivity index (χ1) is 19.4. The molecule has 0 radical (unpaired) electrons. The summed E-state index contributed by atoms with van der Waals surface area (Å²) in [6.45, 7) is 12.7. The van der Waals surface area contributed by atoms with Gasteiger partial charge >= 0.3 is 0 Å². The lowest BCUT2D eigenvalue weighted by atomic mass is 10.0. The fourth-order valence-electron chi connectivity index (χ4n) is 4.87. The highest BCUT2D eigenvalue weighted by Gasteiger charge is 2.29. The van der Waals surface area contributed by atoms with E-state index in [0.717, 1.165) is 42.9 Å². The molecule has 0 N–H and O–H groups in total. The minimum Gasteiger partial charge on any atom is -0.494 e. The number of methoxy groups -OCH3 is 1. The number of amides is 1. The molecule has 0 aromatic heterocycles. The number of ether oxygens (including phenoxy) is 5. The first-order valence-electron chi connectivity index (χ1n) is 14.4. The topological polar surface area (TPSA) is 69.7 Å². The summed E-state index contributed by atoms with van der Waals surface area (Å²) in [5, 5.41) is 0. The third-order valence-electron chi connectivity index (χ3n) is 7.41. The monoisotopic (exact) mass is 556 g/mol. The number of carbonyl (C=O) groups excluding carboxylic acids is 1. The first-order valence-corrected chi connectivity index (χ1v) is 14.4. The van der Waals surface area contributed by atoms with Crippen molar-refractivity contribution in [3.8, 4) is 5.75 Å². The van der Waals surface area contributed by atoms with E-state index in [1.807, 2.05) is 31.0 Å². The summed E-state index contributed by atoms with van der Waals surface area (Å²) < 4.78 is 27.7. The van der Waals surface area contributed by atoms with Gasteiger partial charge in [0.2, 0.25) is 5.91 Å². The van der Waals surface area contributed by atoms with E-state index in [1.165, 1.54) is 11.1 Å². The highest BCUT2D eigenvalue weighted by Crippen LogP contribution is 2.26. The summed E-state index contributed by atoms with van der Waals surface area (Å²) in [6.07, 6.45) is 1.52. The van der Waals surface area contributed by atoms with Gasteiger partial charge in [-0.1, -0.05) is 30.3 Å². The van der Waals surface area contributed by atoms with Crippen LogP contribution in [0.4, 0.5) is 0 Å². The van der Waals surface area contributed by atoms with Crippen molar-refractivity contribution in [3.63, 3.8) is 0 Å². The molecule has 2 aromatic rings. The second-order valence-corrected chi connectivity index (χ2v) is 10.4. The maximum Gasteiger partial charge on any atom is 0.227 e. The number of rotatable bonds is 18. The molecule has 0 saturated carbocycles. The van der Waals surface area contributed by atoms with E-state index in [4.69, 9.17) is 23.7 Å². The molecule has 1 aliphatic rings. The lowest BCUT2D eigenvalue weighted by Gasteiger charge is -2.32. The van der Waals surface area contributed by atoms with Crippen molar-refractivity contribution in [2.45, 2.75) is 45.8 Å². The van der Waals surface area contributed by atoms with Gasteiger partial charge in [-0.05, 0) is 61.6 Å². The Balaban J connectivity index is 1.54. The molecular formula is C32H48N2O6. The molecule has 2 atom stereocenters. The Hall–Kier alpha value is -2.49. The van der Waals surface area contributed by atoms with Crippen molar-refractivity contribution in [1.82, 2.24) is 9.80 Å². The van der Waals surface area contributed by atoms with Crippen LogP contribution in [0, 0.1) is 13.8 Å². The Morgan fingerprint density at radius 1 is 0.975 bits per heavy atom. The fraction of sp³-hybridized carbons (Fsp3) is 0.594. The van der Waals surface area contributed by atoms with E-state index in [-0.39, 0.29) is 18.1 Å². The van der Waals surface area contributed by atoms with Crippen molar-refractivity contribution in [2.24, 2.45) is 0 Å². The number of hydrogen-bond donors (Lipinski definition) is 0.